The second-order valence-corrected chi connectivity index (χ2v) is 6.65. The van der Waals surface area contributed by atoms with Gasteiger partial charge in [0.1, 0.15) is 5.01 Å². The highest BCUT2D eigenvalue weighted by Crippen LogP contribution is 2.34. The van der Waals surface area contributed by atoms with Crippen LogP contribution in [-0.2, 0) is 6.54 Å². The minimum atomic E-state index is 0.0441. The van der Waals surface area contributed by atoms with Crippen LogP contribution in [0.3, 0.4) is 0 Å². The van der Waals surface area contributed by atoms with Crippen molar-refractivity contribution in [3.63, 3.8) is 0 Å². The van der Waals surface area contributed by atoms with Gasteiger partial charge in [-0.1, -0.05) is 29.8 Å². The van der Waals surface area contributed by atoms with Crippen molar-refractivity contribution in [1.29, 1.82) is 0 Å². The van der Waals surface area contributed by atoms with Gasteiger partial charge in [-0.3, -0.25) is 4.79 Å². The molecule has 0 saturated carbocycles. The van der Waals surface area contributed by atoms with E-state index in [-0.39, 0.29) is 5.56 Å². The number of fused-ring (bicyclic) bond motifs is 3. The van der Waals surface area contributed by atoms with E-state index in [2.05, 4.69) is 31.2 Å². The van der Waals surface area contributed by atoms with Gasteiger partial charge in [-0.15, -0.1) is 11.3 Å². The third-order valence-corrected chi connectivity index (χ3v) is 5.29. The van der Waals surface area contributed by atoms with Crippen LogP contribution in [0.1, 0.15) is 12.5 Å². The van der Waals surface area contributed by atoms with E-state index in [9.17, 15) is 4.79 Å². The molecule has 0 atom stereocenters. The van der Waals surface area contributed by atoms with Crippen LogP contribution in [0.5, 0.6) is 0 Å². The number of thiazole rings is 1. The van der Waals surface area contributed by atoms with Crippen molar-refractivity contribution in [2.75, 3.05) is 0 Å². The van der Waals surface area contributed by atoms with E-state index < -0.39 is 0 Å². The van der Waals surface area contributed by atoms with Crippen LogP contribution in [0.25, 0.3) is 31.7 Å². The van der Waals surface area contributed by atoms with Gasteiger partial charge in [0, 0.05) is 23.6 Å². The zero-order chi connectivity index (χ0) is 16.0. The lowest BCUT2D eigenvalue weighted by atomic mass is 10.1. The molecule has 2 aromatic heterocycles. The van der Waals surface area contributed by atoms with E-state index in [4.69, 9.17) is 4.98 Å². The van der Waals surface area contributed by atoms with Gasteiger partial charge in [0.05, 0.1) is 15.7 Å². The second-order valence-electron chi connectivity index (χ2n) is 5.65. The lowest BCUT2D eigenvalue weighted by Crippen LogP contribution is -2.17. The fourth-order valence-electron chi connectivity index (χ4n) is 2.91. The molecule has 23 heavy (non-hydrogen) atoms. The Bertz CT molecular complexity index is 1070. The summed E-state index contributed by atoms with van der Waals surface area (Å²) < 4.78 is 2.94. The SMILES string of the molecule is CCn1c(=O)ccc2c3sc(-c4ccc(C)cc4)nc3ccc21. The summed E-state index contributed by atoms with van der Waals surface area (Å²) in [6.45, 7) is 4.75. The van der Waals surface area contributed by atoms with Gasteiger partial charge >= 0.3 is 0 Å². The van der Waals surface area contributed by atoms with E-state index in [1.165, 1.54) is 5.56 Å². The molecule has 3 nitrogen and oxygen atoms in total. The van der Waals surface area contributed by atoms with Crippen LogP contribution < -0.4 is 5.56 Å². The van der Waals surface area contributed by atoms with Gasteiger partial charge in [0.15, 0.2) is 0 Å². The summed E-state index contributed by atoms with van der Waals surface area (Å²) in [7, 11) is 0. The van der Waals surface area contributed by atoms with E-state index >= 15 is 0 Å². The highest BCUT2D eigenvalue weighted by molar-refractivity contribution is 7.22. The van der Waals surface area contributed by atoms with Crippen molar-refractivity contribution in [3.05, 3.63) is 64.4 Å². The van der Waals surface area contributed by atoms with Crippen LogP contribution in [0.15, 0.2) is 53.3 Å². The molecule has 0 spiro atoms. The molecule has 0 fully saturated rings. The first-order valence-electron chi connectivity index (χ1n) is 7.67. The van der Waals surface area contributed by atoms with Gasteiger partial charge in [-0.25, -0.2) is 4.98 Å². The van der Waals surface area contributed by atoms with Crippen molar-refractivity contribution >= 4 is 32.5 Å². The van der Waals surface area contributed by atoms with Gasteiger partial charge in [0.2, 0.25) is 0 Å². The molecule has 0 aliphatic carbocycles. The lowest BCUT2D eigenvalue weighted by molar-refractivity contribution is 0.760. The van der Waals surface area contributed by atoms with Crippen molar-refractivity contribution in [3.8, 4) is 10.6 Å². The Morgan fingerprint density at radius 1 is 1.04 bits per heavy atom. The minimum Gasteiger partial charge on any atom is -0.309 e. The first kappa shape index (κ1) is 14.2. The minimum absolute atomic E-state index is 0.0441. The number of benzene rings is 2. The Kier molecular flexibility index (Phi) is 3.27. The van der Waals surface area contributed by atoms with Crippen molar-refractivity contribution in [2.24, 2.45) is 0 Å². The Hall–Kier alpha value is -2.46. The summed E-state index contributed by atoms with van der Waals surface area (Å²) in [4.78, 5) is 16.8. The molecule has 0 saturated heterocycles. The molecular formula is C19H16N2OS. The second kappa shape index (κ2) is 5.32. The molecule has 0 aliphatic rings. The molecule has 0 unspecified atom stereocenters. The topological polar surface area (TPSA) is 34.9 Å². The molecular weight excluding hydrogens is 304 g/mol. The monoisotopic (exact) mass is 320 g/mol. The fraction of sp³-hybridized carbons (Fsp3) is 0.158. The quantitative estimate of drug-likeness (QED) is 0.541. The van der Waals surface area contributed by atoms with Gasteiger partial charge in [0.25, 0.3) is 5.56 Å². The molecule has 4 rings (SSSR count). The Balaban J connectivity index is 2.00. The molecule has 0 aliphatic heterocycles. The maximum Gasteiger partial charge on any atom is 0.251 e. The number of nitrogens with zero attached hydrogens (tertiary/aromatic N) is 2. The van der Waals surface area contributed by atoms with Gasteiger partial charge in [-0.2, -0.15) is 0 Å². The molecule has 2 aromatic carbocycles. The smallest absolute Gasteiger partial charge is 0.251 e. The van der Waals surface area contributed by atoms with E-state index in [0.717, 1.165) is 31.7 Å². The van der Waals surface area contributed by atoms with E-state index in [1.807, 2.05) is 25.1 Å². The number of rotatable bonds is 2. The maximum atomic E-state index is 12.0. The molecule has 0 amide bonds. The predicted octanol–water partition coefficient (Wildman–Crippen LogP) is 4.61. The summed E-state index contributed by atoms with van der Waals surface area (Å²) in [5.41, 5.74) is 4.38. The average Bonchev–Trinajstić information content (AvgIpc) is 2.99. The predicted molar refractivity (Wildman–Crippen MR) is 97.2 cm³/mol. The number of hydrogen-bond donors (Lipinski definition) is 0. The standard InChI is InChI=1S/C19H16N2OS/c1-3-21-16-10-9-15-18(14(16)8-11-17(21)22)23-19(20-15)13-6-4-12(2)5-7-13/h4-11H,3H2,1-2H3. The van der Waals surface area contributed by atoms with Crippen molar-refractivity contribution < 1.29 is 0 Å². The van der Waals surface area contributed by atoms with E-state index in [0.29, 0.717) is 6.54 Å². The van der Waals surface area contributed by atoms with Crippen molar-refractivity contribution in [1.82, 2.24) is 9.55 Å². The summed E-state index contributed by atoms with van der Waals surface area (Å²) >= 11 is 1.68. The van der Waals surface area contributed by atoms with Crippen LogP contribution in [0.2, 0.25) is 0 Å². The fourth-order valence-corrected chi connectivity index (χ4v) is 4.00. The number of hydrogen-bond acceptors (Lipinski definition) is 3. The molecule has 0 N–H and O–H groups in total. The van der Waals surface area contributed by atoms with Crippen LogP contribution >= 0.6 is 11.3 Å². The molecule has 4 heteroatoms. The largest absolute Gasteiger partial charge is 0.309 e. The third-order valence-electron chi connectivity index (χ3n) is 4.14. The molecule has 114 valence electrons. The molecule has 0 radical (unpaired) electrons. The Labute approximate surface area is 137 Å². The van der Waals surface area contributed by atoms with Crippen LogP contribution in [-0.4, -0.2) is 9.55 Å². The van der Waals surface area contributed by atoms with Crippen LogP contribution in [0, 0.1) is 6.92 Å². The molecule has 4 aromatic rings. The van der Waals surface area contributed by atoms with Gasteiger partial charge < -0.3 is 4.57 Å². The third kappa shape index (κ3) is 2.26. The summed E-state index contributed by atoms with van der Waals surface area (Å²) in [6.07, 6.45) is 0. The molecule has 0 bridgehead atoms. The summed E-state index contributed by atoms with van der Waals surface area (Å²) in [5, 5.41) is 2.11. The van der Waals surface area contributed by atoms with Crippen molar-refractivity contribution in [2.45, 2.75) is 20.4 Å². The summed E-state index contributed by atoms with van der Waals surface area (Å²) in [6, 6.07) is 16.0. The van der Waals surface area contributed by atoms with Gasteiger partial charge in [-0.05, 0) is 32.0 Å². The zero-order valence-corrected chi connectivity index (χ0v) is 13.9. The average molecular weight is 320 g/mol. The van der Waals surface area contributed by atoms with E-state index in [1.54, 1.807) is 22.0 Å². The normalized spacial score (nSPS) is 11.4. The summed E-state index contributed by atoms with van der Waals surface area (Å²) in [5.74, 6) is 0. The number of pyridine rings is 1. The first-order chi connectivity index (χ1) is 11.2. The lowest BCUT2D eigenvalue weighted by Gasteiger charge is -2.07. The Morgan fingerprint density at radius 3 is 2.57 bits per heavy atom. The first-order valence-corrected chi connectivity index (χ1v) is 8.49. The van der Waals surface area contributed by atoms with Crippen LogP contribution in [0.4, 0.5) is 0 Å². The molecule has 2 heterocycles. The zero-order valence-electron chi connectivity index (χ0n) is 13.0. The Morgan fingerprint density at radius 2 is 1.83 bits per heavy atom. The highest BCUT2D eigenvalue weighted by Gasteiger charge is 2.11. The number of aryl methyl sites for hydroxylation is 2. The highest BCUT2D eigenvalue weighted by atomic mass is 32.1. The number of aromatic nitrogens is 2. The maximum absolute atomic E-state index is 12.0.